The Morgan fingerprint density at radius 1 is 1.44 bits per heavy atom. The van der Waals surface area contributed by atoms with Crippen LogP contribution in [0, 0.1) is 5.41 Å². The molecule has 0 radical (unpaired) electrons. The topological polar surface area (TPSA) is 67.6 Å². The van der Waals surface area contributed by atoms with E-state index in [1.165, 1.54) is 0 Å². The van der Waals surface area contributed by atoms with Crippen LogP contribution in [-0.4, -0.2) is 21.0 Å². The van der Waals surface area contributed by atoms with Gasteiger partial charge < -0.3 is 10.7 Å². The summed E-state index contributed by atoms with van der Waals surface area (Å²) in [6, 6.07) is 2.00. The highest BCUT2D eigenvalue weighted by atomic mass is 14.9. The predicted octanol–water partition coefficient (Wildman–Crippen LogP) is 1.87. The predicted molar refractivity (Wildman–Crippen MR) is 65.0 cm³/mol. The molecule has 4 heteroatoms. The van der Waals surface area contributed by atoms with E-state index in [1.807, 2.05) is 6.07 Å². The molecule has 2 heterocycles. The second kappa shape index (κ2) is 3.87. The van der Waals surface area contributed by atoms with E-state index in [0.717, 1.165) is 23.3 Å². The Morgan fingerprint density at radius 3 is 2.81 bits per heavy atom. The molecule has 0 saturated carbocycles. The van der Waals surface area contributed by atoms with Crippen LogP contribution in [0.25, 0.3) is 11.0 Å². The fraction of sp³-hybridized carbons (Fsp3) is 0.500. The third-order valence-corrected chi connectivity index (χ3v) is 2.86. The minimum absolute atomic E-state index is 0.0945. The van der Waals surface area contributed by atoms with Crippen LogP contribution in [-0.2, 0) is 6.42 Å². The molecule has 2 aromatic rings. The van der Waals surface area contributed by atoms with Gasteiger partial charge in [0.15, 0.2) is 0 Å². The number of fused-ring (bicyclic) bond motifs is 1. The number of hydrogen-bond acceptors (Lipinski definition) is 3. The number of imidazole rings is 1. The Bertz CT molecular complexity index is 448. The fourth-order valence-electron chi connectivity index (χ4n) is 1.52. The highest BCUT2D eigenvalue weighted by Gasteiger charge is 2.21. The van der Waals surface area contributed by atoms with Crippen LogP contribution in [0.4, 0.5) is 0 Å². The van der Waals surface area contributed by atoms with Crippen LogP contribution in [0.3, 0.4) is 0 Å². The minimum atomic E-state index is 0.0945. The van der Waals surface area contributed by atoms with Crippen LogP contribution >= 0.6 is 0 Å². The molecule has 2 rings (SSSR count). The molecule has 3 N–H and O–H groups in total. The fourth-order valence-corrected chi connectivity index (χ4v) is 1.52. The smallest absolute Gasteiger partial charge is 0.108 e. The van der Waals surface area contributed by atoms with Gasteiger partial charge in [-0.05, 0) is 11.5 Å². The molecule has 1 unspecified atom stereocenters. The number of nitrogens with two attached hydrogens (primary N) is 1. The van der Waals surface area contributed by atoms with Crippen molar-refractivity contribution in [1.29, 1.82) is 0 Å². The number of aromatic amines is 1. The number of nitrogens with zero attached hydrogens (tertiary/aromatic N) is 2. The molecule has 0 spiro atoms. The standard InChI is InChI=1S/C12H18N4/c1-12(2,3)10(13)6-11-15-8-4-5-14-7-9(8)16-11/h4-5,7,10H,6,13H2,1-3H3,(H,15,16). The Hall–Kier alpha value is -1.42. The lowest BCUT2D eigenvalue weighted by atomic mass is 9.85. The van der Waals surface area contributed by atoms with Gasteiger partial charge in [0, 0.05) is 18.7 Å². The van der Waals surface area contributed by atoms with E-state index in [1.54, 1.807) is 12.4 Å². The van der Waals surface area contributed by atoms with Crippen molar-refractivity contribution >= 4 is 11.0 Å². The second-order valence-electron chi connectivity index (χ2n) is 5.25. The molecule has 86 valence electrons. The Kier molecular flexibility index (Phi) is 2.68. The normalized spacial score (nSPS) is 14.2. The largest absolute Gasteiger partial charge is 0.341 e. The maximum atomic E-state index is 6.13. The van der Waals surface area contributed by atoms with E-state index in [9.17, 15) is 0 Å². The summed E-state index contributed by atoms with van der Waals surface area (Å²) in [7, 11) is 0. The van der Waals surface area contributed by atoms with Crippen molar-refractivity contribution in [3.05, 3.63) is 24.3 Å². The zero-order valence-electron chi connectivity index (χ0n) is 9.99. The Labute approximate surface area is 95.3 Å². The van der Waals surface area contributed by atoms with E-state index in [0.29, 0.717) is 0 Å². The highest BCUT2D eigenvalue weighted by Crippen LogP contribution is 2.20. The summed E-state index contributed by atoms with van der Waals surface area (Å²) in [5, 5.41) is 0. The lowest BCUT2D eigenvalue weighted by molar-refractivity contribution is 0.315. The summed E-state index contributed by atoms with van der Waals surface area (Å²) in [5.74, 6) is 0.936. The van der Waals surface area contributed by atoms with Crippen molar-refractivity contribution in [2.75, 3.05) is 0 Å². The van der Waals surface area contributed by atoms with Gasteiger partial charge in [-0.15, -0.1) is 0 Å². The summed E-state index contributed by atoms with van der Waals surface area (Å²) >= 11 is 0. The van der Waals surface area contributed by atoms with E-state index in [4.69, 9.17) is 5.73 Å². The van der Waals surface area contributed by atoms with Crippen molar-refractivity contribution in [2.45, 2.75) is 33.2 Å². The van der Waals surface area contributed by atoms with Gasteiger partial charge in [-0.2, -0.15) is 0 Å². The number of hydrogen-bond donors (Lipinski definition) is 2. The monoisotopic (exact) mass is 218 g/mol. The van der Waals surface area contributed by atoms with Crippen molar-refractivity contribution in [3.8, 4) is 0 Å². The summed E-state index contributed by atoms with van der Waals surface area (Å²) in [5.41, 5.74) is 8.14. The minimum Gasteiger partial charge on any atom is -0.341 e. The van der Waals surface area contributed by atoms with Crippen LogP contribution < -0.4 is 5.73 Å². The molecule has 1 atom stereocenters. The summed E-state index contributed by atoms with van der Waals surface area (Å²) in [4.78, 5) is 11.8. The lowest BCUT2D eigenvalue weighted by Gasteiger charge is -2.26. The van der Waals surface area contributed by atoms with Gasteiger partial charge in [0.2, 0.25) is 0 Å². The molecule has 0 aliphatic carbocycles. The van der Waals surface area contributed by atoms with E-state index in [2.05, 4.69) is 35.7 Å². The quantitative estimate of drug-likeness (QED) is 0.808. The van der Waals surface area contributed by atoms with E-state index >= 15 is 0 Å². The molecule has 0 amide bonds. The number of rotatable bonds is 2. The molecular weight excluding hydrogens is 200 g/mol. The molecule has 4 nitrogen and oxygen atoms in total. The third-order valence-electron chi connectivity index (χ3n) is 2.86. The Balaban J connectivity index is 2.22. The first-order valence-corrected chi connectivity index (χ1v) is 5.51. The van der Waals surface area contributed by atoms with Crippen molar-refractivity contribution in [1.82, 2.24) is 15.0 Å². The summed E-state index contributed by atoms with van der Waals surface area (Å²) in [6.45, 7) is 6.42. The first-order chi connectivity index (χ1) is 7.47. The molecule has 2 aromatic heterocycles. The third kappa shape index (κ3) is 2.22. The van der Waals surface area contributed by atoms with Gasteiger partial charge in [0.1, 0.15) is 5.82 Å². The van der Waals surface area contributed by atoms with Crippen molar-refractivity contribution in [2.24, 2.45) is 11.1 Å². The zero-order chi connectivity index (χ0) is 11.8. The van der Waals surface area contributed by atoms with Gasteiger partial charge >= 0.3 is 0 Å². The van der Waals surface area contributed by atoms with Crippen LogP contribution in [0.1, 0.15) is 26.6 Å². The average molecular weight is 218 g/mol. The van der Waals surface area contributed by atoms with E-state index < -0.39 is 0 Å². The molecule has 0 aliphatic rings. The maximum Gasteiger partial charge on any atom is 0.108 e. The number of nitrogens with one attached hydrogen (secondary N) is 1. The molecule has 0 fully saturated rings. The first kappa shape index (κ1) is 11.1. The first-order valence-electron chi connectivity index (χ1n) is 5.51. The highest BCUT2D eigenvalue weighted by molar-refractivity contribution is 5.73. The lowest BCUT2D eigenvalue weighted by Crippen LogP contribution is -2.37. The number of pyridine rings is 1. The van der Waals surface area contributed by atoms with Gasteiger partial charge in [0.25, 0.3) is 0 Å². The zero-order valence-corrected chi connectivity index (χ0v) is 9.99. The summed E-state index contributed by atoms with van der Waals surface area (Å²) < 4.78 is 0. The van der Waals surface area contributed by atoms with E-state index in [-0.39, 0.29) is 11.5 Å². The Morgan fingerprint density at radius 2 is 2.19 bits per heavy atom. The number of H-pyrrole nitrogens is 1. The van der Waals surface area contributed by atoms with Crippen molar-refractivity contribution < 1.29 is 0 Å². The van der Waals surface area contributed by atoms with Gasteiger partial charge in [0.05, 0.1) is 17.2 Å². The average Bonchev–Trinajstić information content (AvgIpc) is 2.58. The molecular formula is C12H18N4. The maximum absolute atomic E-state index is 6.13. The van der Waals surface area contributed by atoms with Crippen LogP contribution in [0.2, 0.25) is 0 Å². The number of aromatic nitrogens is 3. The molecule has 0 saturated heterocycles. The van der Waals surface area contributed by atoms with Crippen LogP contribution in [0.15, 0.2) is 18.5 Å². The van der Waals surface area contributed by atoms with Gasteiger partial charge in [-0.25, -0.2) is 4.98 Å². The van der Waals surface area contributed by atoms with Gasteiger partial charge in [-0.3, -0.25) is 4.98 Å². The molecule has 0 bridgehead atoms. The molecule has 16 heavy (non-hydrogen) atoms. The SMILES string of the molecule is CC(C)(C)C(N)Cc1nc2ccncc2[nH]1. The second-order valence-corrected chi connectivity index (χ2v) is 5.25. The van der Waals surface area contributed by atoms with Crippen molar-refractivity contribution in [3.63, 3.8) is 0 Å². The van der Waals surface area contributed by atoms with Gasteiger partial charge in [-0.1, -0.05) is 20.8 Å². The summed E-state index contributed by atoms with van der Waals surface area (Å²) in [6.07, 6.45) is 4.29. The van der Waals surface area contributed by atoms with Crippen LogP contribution in [0.5, 0.6) is 0 Å². The molecule has 0 aliphatic heterocycles. The molecule has 0 aromatic carbocycles.